The zero-order valence-corrected chi connectivity index (χ0v) is 12.1. The summed E-state index contributed by atoms with van der Waals surface area (Å²) in [6.45, 7) is 1.90. The molecule has 6 nitrogen and oxygen atoms in total. The number of nitrogens with one attached hydrogen (secondary N) is 1. The fourth-order valence-electron chi connectivity index (χ4n) is 2.03. The van der Waals surface area contributed by atoms with Gasteiger partial charge >= 0.3 is 12.1 Å². The maximum atomic E-state index is 11.8. The summed E-state index contributed by atoms with van der Waals surface area (Å²) in [5.74, 6) is -0.622. The van der Waals surface area contributed by atoms with Gasteiger partial charge in [0.2, 0.25) is 0 Å². The summed E-state index contributed by atoms with van der Waals surface area (Å²) in [5, 5.41) is 11.5. The molecule has 116 valence electrons. The first-order valence-corrected chi connectivity index (χ1v) is 6.79. The summed E-state index contributed by atoms with van der Waals surface area (Å²) in [4.78, 5) is 22.8. The van der Waals surface area contributed by atoms with Crippen LogP contribution in [0.1, 0.15) is 29.3 Å². The predicted molar refractivity (Wildman–Crippen MR) is 78.2 cm³/mol. The molecule has 1 amide bonds. The molecule has 22 heavy (non-hydrogen) atoms. The number of carbonyl (C=O) groups is 2. The third kappa shape index (κ3) is 4.37. The zero-order valence-electron chi connectivity index (χ0n) is 12.1. The molecule has 0 saturated carbocycles. The molecule has 0 unspecified atom stereocenters. The van der Waals surface area contributed by atoms with Gasteiger partial charge in [0, 0.05) is 0 Å². The standard InChI is InChI=1S/C16H17NO5/c1-11-7-8-21-15(11)13(9-14(18)19)17-16(20)22-10-12-5-3-2-4-6-12/h2-8,13H,9-10H2,1H3,(H,17,20)(H,18,19)/t13-/m1/s1. The van der Waals surface area contributed by atoms with E-state index in [0.29, 0.717) is 5.76 Å². The lowest BCUT2D eigenvalue weighted by molar-refractivity contribution is -0.137. The van der Waals surface area contributed by atoms with E-state index in [1.54, 1.807) is 13.0 Å². The van der Waals surface area contributed by atoms with E-state index in [1.807, 2.05) is 30.3 Å². The van der Waals surface area contributed by atoms with E-state index in [-0.39, 0.29) is 13.0 Å². The smallest absolute Gasteiger partial charge is 0.408 e. The maximum absolute atomic E-state index is 11.8. The molecule has 0 radical (unpaired) electrons. The number of carboxylic acids is 1. The van der Waals surface area contributed by atoms with Crippen LogP contribution in [0.25, 0.3) is 0 Å². The molecule has 0 aliphatic carbocycles. The lowest BCUT2D eigenvalue weighted by Crippen LogP contribution is -2.30. The number of aliphatic carboxylic acids is 1. The van der Waals surface area contributed by atoms with Crippen LogP contribution in [-0.2, 0) is 16.1 Å². The summed E-state index contributed by atoms with van der Waals surface area (Å²) in [7, 11) is 0. The normalized spacial score (nSPS) is 11.7. The number of hydrogen-bond donors (Lipinski definition) is 2. The Balaban J connectivity index is 1.96. The Hall–Kier alpha value is -2.76. The highest BCUT2D eigenvalue weighted by molar-refractivity contribution is 5.71. The molecule has 1 aromatic heterocycles. The lowest BCUT2D eigenvalue weighted by atomic mass is 10.1. The summed E-state index contributed by atoms with van der Waals surface area (Å²) in [5.41, 5.74) is 1.62. The van der Waals surface area contributed by atoms with Crippen LogP contribution in [0.15, 0.2) is 47.1 Å². The summed E-state index contributed by atoms with van der Waals surface area (Å²) in [6.07, 6.45) is 0.483. The molecule has 0 bridgehead atoms. The number of amides is 1. The topological polar surface area (TPSA) is 88.8 Å². The molecule has 0 aliphatic heterocycles. The molecule has 1 aromatic carbocycles. The van der Waals surface area contributed by atoms with Gasteiger partial charge in [-0.2, -0.15) is 0 Å². The number of rotatable bonds is 6. The minimum atomic E-state index is -1.04. The van der Waals surface area contributed by atoms with Crippen molar-refractivity contribution in [2.24, 2.45) is 0 Å². The number of hydrogen-bond acceptors (Lipinski definition) is 4. The first-order chi connectivity index (χ1) is 10.6. The SMILES string of the molecule is Cc1ccoc1[C@@H](CC(=O)O)NC(=O)OCc1ccccc1. The van der Waals surface area contributed by atoms with E-state index in [1.165, 1.54) is 6.26 Å². The number of furan rings is 1. The van der Waals surface area contributed by atoms with E-state index in [4.69, 9.17) is 14.3 Å². The van der Waals surface area contributed by atoms with Gasteiger partial charge in [-0.25, -0.2) is 4.79 Å². The number of carboxylic acid groups (broad SMARTS) is 1. The van der Waals surface area contributed by atoms with Crippen LogP contribution in [0.5, 0.6) is 0 Å². The highest BCUT2D eigenvalue weighted by Crippen LogP contribution is 2.22. The molecule has 0 fully saturated rings. The maximum Gasteiger partial charge on any atom is 0.408 e. The second kappa shape index (κ2) is 7.31. The zero-order chi connectivity index (χ0) is 15.9. The van der Waals surface area contributed by atoms with Crippen LogP contribution in [0.4, 0.5) is 4.79 Å². The highest BCUT2D eigenvalue weighted by Gasteiger charge is 2.23. The average Bonchev–Trinajstić information content (AvgIpc) is 2.91. The third-order valence-corrected chi connectivity index (χ3v) is 3.10. The Labute approximate surface area is 127 Å². The molecule has 1 atom stereocenters. The van der Waals surface area contributed by atoms with Crippen LogP contribution >= 0.6 is 0 Å². The van der Waals surface area contributed by atoms with Gasteiger partial charge in [-0.3, -0.25) is 4.79 Å². The van der Waals surface area contributed by atoms with Gasteiger partial charge < -0.3 is 19.6 Å². The molecule has 6 heteroatoms. The monoisotopic (exact) mass is 303 g/mol. The fraction of sp³-hybridized carbons (Fsp3) is 0.250. The van der Waals surface area contributed by atoms with Crippen molar-refractivity contribution in [3.05, 3.63) is 59.5 Å². The third-order valence-electron chi connectivity index (χ3n) is 3.10. The Morgan fingerprint density at radius 2 is 2.00 bits per heavy atom. The van der Waals surface area contributed by atoms with E-state index >= 15 is 0 Å². The molecule has 2 rings (SSSR count). The van der Waals surface area contributed by atoms with Crippen LogP contribution in [0.2, 0.25) is 0 Å². The Kier molecular flexibility index (Phi) is 5.19. The number of ether oxygens (including phenoxy) is 1. The number of carbonyl (C=O) groups excluding carboxylic acids is 1. The quantitative estimate of drug-likeness (QED) is 0.856. The van der Waals surface area contributed by atoms with Crippen molar-refractivity contribution >= 4 is 12.1 Å². The van der Waals surface area contributed by atoms with Gasteiger partial charge in [0.25, 0.3) is 0 Å². The summed E-state index contributed by atoms with van der Waals surface area (Å²) in [6, 6.07) is 10.2. The Bertz CT molecular complexity index is 635. The van der Waals surface area contributed by atoms with Crippen molar-refractivity contribution in [1.29, 1.82) is 0 Å². The average molecular weight is 303 g/mol. The van der Waals surface area contributed by atoms with Crippen LogP contribution in [0.3, 0.4) is 0 Å². The van der Waals surface area contributed by atoms with Gasteiger partial charge in [0.05, 0.1) is 12.7 Å². The number of alkyl carbamates (subject to hydrolysis) is 1. The van der Waals surface area contributed by atoms with E-state index in [0.717, 1.165) is 11.1 Å². The summed E-state index contributed by atoms with van der Waals surface area (Å²) >= 11 is 0. The molecule has 0 aliphatic rings. The van der Waals surface area contributed by atoms with Crippen molar-refractivity contribution in [3.8, 4) is 0 Å². The Morgan fingerprint density at radius 3 is 2.59 bits per heavy atom. The van der Waals surface area contributed by atoms with E-state index < -0.39 is 18.1 Å². The van der Waals surface area contributed by atoms with Gasteiger partial charge in [-0.05, 0) is 24.1 Å². The number of aryl methyl sites for hydroxylation is 1. The second-order valence-corrected chi connectivity index (χ2v) is 4.82. The van der Waals surface area contributed by atoms with Crippen LogP contribution < -0.4 is 5.32 Å². The molecule has 2 aromatic rings. The highest BCUT2D eigenvalue weighted by atomic mass is 16.5. The van der Waals surface area contributed by atoms with Crippen molar-refractivity contribution in [3.63, 3.8) is 0 Å². The van der Waals surface area contributed by atoms with E-state index in [9.17, 15) is 9.59 Å². The minimum absolute atomic E-state index is 0.115. The molecule has 0 saturated heterocycles. The Morgan fingerprint density at radius 1 is 1.27 bits per heavy atom. The van der Waals surface area contributed by atoms with Crippen LogP contribution in [0, 0.1) is 6.92 Å². The largest absolute Gasteiger partial charge is 0.481 e. The minimum Gasteiger partial charge on any atom is -0.481 e. The summed E-state index contributed by atoms with van der Waals surface area (Å²) < 4.78 is 10.4. The van der Waals surface area contributed by atoms with Gasteiger partial charge in [-0.1, -0.05) is 30.3 Å². The number of benzene rings is 1. The molecular formula is C16H17NO5. The van der Waals surface area contributed by atoms with Crippen molar-refractivity contribution in [2.45, 2.75) is 26.0 Å². The van der Waals surface area contributed by atoms with Gasteiger partial charge in [0.1, 0.15) is 18.4 Å². The van der Waals surface area contributed by atoms with E-state index in [2.05, 4.69) is 5.32 Å². The van der Waals surface area contributed by atoms with Gasteiger partial charge in [0.15, 0.2) is 0 Å². The van der Waals surface area contributed by atoms with Crippen molar-refractivity contribution in [2.75, 3.05) is 0 Å². The van der Waals surface area contributed by atoms with Gasteiger partial charge in [-0.15, -0.1) is 0 Å². The van der Waals surface area contributed by atoms with Crippen molar-refractivity contribution in [1.82, 2.24) is 5.32 Å². The first-order valence-electron chi connectivity index (χ1n) is 6.79. The van der Waals surface area contributed by atoms with Crippen LogP contribution in [-0.4, -0.2) is 17.2 Å². The fourth-order valence-corrected chi connectivity index (χ4v) is 2.03. The van der Waals surface area contributed by atoms with Crippen molar-refractivity contribution < 1.29 is 23.8 Å². The second-order valence-electron chi connectivity index (χ2n) is 4.82. The lowest BCUT2D eigenvalue weighted by Gasteiger charge is -2.15. The first kappa shape index (κ1) is 15.6. The molecule has 0 spiro atoms. The predicted octanol–water partition coefficient (Wildman–Crippen LogP) is 3.03. The molecular weight excluding hydrogens is 286 g/mol. The molecule has 2 N–H and O–H groups in total. The molecule has 1 heterocycles.